The van der Waals surface area contributed by atoms with Gasteiger partial charge in [0.25, 0.3) is 11.8 Å². The van der Waals surface area contributed by atoms with Crippen molar-refractivity contribution in [2.75, 3.05) is 13.2 Å². The molecular weight excluding hydrogens is 360 g/mol. The predicted octanol–water partition coefficient (Wildman–Crippen LogP) is 2.54. The maximum atomic E-state index is 12.6. The lowest BCUT2D eigenvalue weighted by atomic mass is 9.97. The molecule has 0 saturated carbocycles. The molecule has 1 fully saturated rings. The summed E-state index contributed by atoms with van der Waals surface area (Å²) in [5.74, 6) is -0.549. The smallest absolute Gasteiger partial charge is 0.326 e. The van der Waals surface area contributed by atoms with Gasteiger partial charge in [0.2, 0.25) is 0 Å². The van der Waals surface area contributed by atoms with E-state index in [9.17, 15) is 14.4 Å². The third-order valence-electron chi connectivity index (χ3n) is 4.92. The van der Waals surface area contributed by atoms with E-state index in [2.05, 4.69) is 5.32 Å². The minimum absolute atomic E-state index is 0.136. The Balaban J connectivity index is 1.82. The fourth-order valence-corrected chi connectivity index (χ4v) is 3.48. The van der Waals surface area contributed by atoms with Crippen molar-refractivity contribution in [3.63, 3.8) is 0 Å². The third-order valence-corrected chi connectivity index (χ3v) is 4.92. The number of carbonyl (C=O) groups excluding carboxylic acids is 3. The fourth-order valence-electron chi connectivity index (χ4n) is 3.48. The van der Waals surface area contributed by atoms with Crippen LogP contribution in [0.5, 0.6) is 5.75 Å². The number of hydrogen-bond acceptors (Lipinski definition) is 5. The van der Waals surface area contributed by atoms with E-state index in [0.717, 1.165) is 19.3 Å². The van der Waals surface area contributed by atoms with E-state index in [4.69, 9.17) is 9.47 Å². The number of nitrogens with zero attached hydrogens (tertiary/aromatic N) is 1. The highest BCUT2D eigenvalue weighted by molar-refractivity contribution is 5.96. The molecule has 1 aliphatic heterocycles. The second-order valence-electron chi connectivity index (χ2n) is 7.15. The van der Waals surface area contributed by atoms with Crippen LogP contribution in [0.2, 0.25) is 0 Å². The van der Waals surface area contributed by atoms with Crippen LogP contribution in [0.1, 0.15) is 57.3 Å². The van der Waals surface area contributed by atoms with Gasteiger partial charge >= 0.3 is 5.97 Å². The largest absolute Gasteiger partial charge is 0.494 e. The molecule has 0 aromatic heterocycles. The molecule has 7 heteroatoms. The first kappa shape index (κ1) is 21.7. The van der Waals surface area contributed by atoms with Gasteiger partial charge in [-0.25, -0.2) is 0 Å². The first-order chi connectivity index (χ1) is 13.3. The summed E-state index contributed by atoms with van der Waals surface area (Å²) in [7, 11) is 0. The van der Waals surface area contributed by atoms with Gasteiger partial charge in [0, 0.05) is 17.6 Å². The molecular formula is C21H30N2O5. The summed E-state index contributed by atoms with van der Waals surface area (Å²) in [4.78, 5) is 38.6. The maximum absolute atomic E-state index is 12.6. The van der Waals surface area contributed by atoms with Crippen LogP contribution in [0, 0.1) is 0 Å². The molecule has 2 rings (SSSR count). The van der Waals surface area contributed by atoms with Gasteiger partial charge in [0.15, 0.2) is 6.10 Å². The molecule has 28 heavy (non-hydrogen) atoms. The standard InChI is InChI=1S/C21H30N2O5/c1-5-27-18-11-9-17(10-12-18)20(25)22-13-19(24)28-16(4)21(26)23-14(2)7-6-8-15(23)3/h9-12,14-16H,5-8,13H2,1-4H3,(H,22,25)/t14-,15-,16+/m0/s1. The summed E-state index contributed by atoms with van der Waals surface area (Å²) in [5, 5.41) is 2.51. The number of amides is 2. The van der Waals surface area contributed by atoms with Crippen molar-refractivity contribution >= 4 is 17.8 Å². The fraction of sp³-hybridized carbons (Fsp3) is 0.571. The summed E-state index contributed by atoms with van der Waals surface area (Å²) in [6.07, 6.45) is 2.12. The van der Waals surface area contributed by atoms with E-state index < -0.39 is 18.0 Å². The highest BCUT2D eigenvalue weighted by atomic mass is 16.5. The van der Waals surface area contributed by atoms with Gasteiger partial charge in [-0.1, -0.05) is 0 Å². The summed E-state index contributed by atoms with van der Waals surface area (Å²) in [6, 6.07) is 6.90. The molecule has 1 saturated heterocycles. The van der Waals surface area contributed by atoms with Crippen LogP contribution in [-0.2, 0) is 14.3 Å². The van der Waals surface area contributed by atoms with Crippen LogP contribution in [0.15, 0.2) is 24.3 Å². The molecule has 0 unspecified atom stereocenters. The van der Waals surface area contributed by atoms with Gasteiger partial charge in [-0.15, -0.1) is 0 Å². The van der Waals surface area contributed by atoms with E-state index in [1.807, 2.05) is 20.8 Å². The van der Waals surface area contributed by atoms with Crippen LogP contribution in [0.3, 0.4) is 0 Å². The highest BCUT2D eigenvalue weighted by Gasteiger charge is 2.33. The van der Waals surface area contributed by atoms with E-state index in [0.29, 0.717) is 17.9 Å². The molecule has 0 aliphatic carbocycles. The molecule has 1 aromatic carbocycles. The van der Waals surface area contributed by atoms with Crippen molar-refractivity contribution in [1.29, 1.82) is 0 Å². The Labute approximate surface area is 166 Å². The number of rotatable bonds is 7. The average molecular weight is 390 g/mol. The van der Waals surface area contributed by atoms with Crippen molar-refractivity contribution in [3.8, 4) is 5.75 Å². The zero-order chi connectivity index (χ0) is 20.7. The second kappa shape index (κ2) is 10.1. The van der Waals surface area contributed by atoms with Gasteiger partial charge in [-0.2, -0.15) is 0 Å². The number of nitrogens with one attached hydrogen (secondary N) is 1. The number of piperidine rings is 1. The molecule has 0 radical (unpaired) electrons. The monoisotopic (exact) mass is 390 g/mol. The normalized spacial score (nSPS) is 20.2. The van der Waals surface area contributed by atoms with Crippen LogP contribution in [-0.4, -0.2) is 54.0 Å². The molecule has 1 N–H and O–H groups in total. The Kier molecular flexibility index (Phi) is 7.84. The molecule has 2 amide bonds. The Morgan fingerprint density at radius 1 is 1.14 bits per heavy atom. The van der Waals surface area contributed by atoms with Gasteiger partial charge in [0.05, 0.1) is 6.61 Å². The Bertz CT molecular complexity index is 679. The van der Waals surface area contributed by atoms with E-state index >= 15 is 0 Å². The number of esters is 1. The Morgan fingerprint density at radius 3 is 2.32 bits per heavy atom. The van der Waals surface area contributed by atoms with E-state index in [1.165, 1.54) is 0 Å². The number of likely N-dealkylation sites (tertiary alicyclic amines) is 1. The number of carbonyl (C=O) groups is 3. The van der Waals surface area contributed by atoms with Crippen molar-refractivity contribution in [2.24, 2.45) is 0 Å². The number of benzene rings is 1. The number of ether oxygens (including phenoxy) is 2. The van der Waals surface area contributed by atoms with Gasteiger partial charge in [0.1, 0.15) is 12.3 Å². The quantitative estimate of drug-likeness (QED) is 0.723. The molecule has 1 aliphatic rings. The van der Waals surface area contributed by atoms with E-state index in [1.54, 1.807) is 36.1 Å². The molecule has 0 spiro atoms. The van der Waals surface area contributed by atoms with Crippen LogP contribution >= 0.6 is 0 Å². The zero-order valence-corrected chi connectivity index (χ0v) is 17.1. The molecule has 154 valence electrons. The molecule has 0 bridgehead atoms. The van der Waals surface area contributed by atoms with Gasteiger partial charge < -0.3 is 19.7 Å². The van der Waals surface area contributed by atoms with Crippen LogP contribution in [0.4, 0.5) is 0 Å². The third kappa shape index (κ3) is 5.71. The minimum Gasteiger partial charge on any atom is -0.494 e. The predicted molar refractivity (Wildman–Crippen MR) is 105 cm³/mol. The zero-order valence-electron chi connectivity index (χ0n) is 17.1. The van der Waals surface area contributed by atoms with Crippen molar-refractivity contribution < 1.29 is 23.9 Å². The molecule has 3 atom stereocenters. The van der Waals surface area contributed by atoms with Gasteiger partial charge in [-0.05, 0) is 71.2 Å². The van der Waals surface area contributed by atoms with Crippen LogP contribution < -0.4 is 10.1 Å². The minimum atomic E-state index is -0.877. The topological polar surface area (TPSA) is 84.9 Å². The van der Waals surface area contributed by atoms with Crippen molar-refractivity contribution in [2.45, 2.75) is 65.1 Å². The Hall–Kier alpha value is -2.57. The lowest BCUT2D eigenvalue weighted by Gasteiger charge is -2.40. The summed E-state index contributed by atoms with van der Waals surface area (Å²) >= 11 is 0. The first-order valence-corrected chi connectivity index (χ1v) is 9.86. The summed E-state index contributed by atoms with van der Waals surface area (Å²) in [5.41, 5.74) is 0.413. The lowest BCUT2D eigenvalue weighted by molar-refractivity contribution is -0.161. The van der Waals surface area contributed by atoms with Gasteiger partial charge in [-0.3, -0.25) is 14.4 Å². The molecule has 7 nitrogen and oxygen atoms in total. The first-order valence-electron chi connectivity index (χ1n) is 9.86. The maximum Gasteiger partial charge on any atom is 0.326 e. The average Bonchev–Trinajstić information content (AvgIpc) is 2.66. The summed E-state index contributed by atoms with van der Waals surface area (Å²) < 4.78 is 10.6. The lowest BCUT2D eigenvalue weighted by Crippen LogP contribution is -2.51. The molecule has 1 heterocycles. The van der Waals surface area contributed by atoms with Crippen molar-refractivity contribution in [1.82, 2.24) is 10.2 Å². The second-order valence-corrected chi connectivity index (χ2v) is 7.15. The van der Waals surface area contributed by atoms with Crippen molar-refractivity contribution in [3.05, 3.63) is 29.8 Å². The van der Waals surface area contributed by atoms with Crippen LogP contribution in [0.25, 0.3) is 0 Å². The SMILES string of the molecule is CCOc1ccc(C(=O)NCC(=O)O[C@H](C)C(=O)N2[C@@H](C)CCC[C@@H]2C)cc1. The molecule has 1 aromatic rings. The summed E-state index contributed by atoms with van der Waals surface area (Å²) in [6.45, 7) is 7.73. The van der Waals surface area contributed by atoms with E-state index in [-0.39, 0.29) is 24.5 Å². The highest BCUT2D eigenvalue weighted by Crippen LogP contribution is 2.23. The number of hydrogen-bond donors (Lipinski definition) is 1. The Morgan fingerprint density at radius 2 is 1.75 bits per heavy atom.